The van der Waals surface area contributed by atoms with Gasteiger partial charge in [-0.3, -0.25) is 5.43 Å². The molecular formula is C14H13ClN2. The molecule has 0 fully saturated rings. The Kier molecular flexibility index (Phi) is 3.78. The molecule has 17 heavy (non-hydrogen) atoms. The molecule has 0 aliphatic carbocycles. The highest BCUT2D eigenvalue weighted by Gasteiger charge is 1.95. The van der Waals surface area contributed by atoms with Crippen LogP contribution in [0.5, 0.6) is 0 Å². The number of hydrogen-bond acceptors (Lipinski definition) is 2. The molecule has 0 aliphatic rings. The number of nitrogens with zero attached hydrogens (tertiary/aromatic N) is 1. The second kappa shape index (κ2) is 5.51. The Morgan fingerprint density at radius 2 is 1.88 bits per heavy atom. The van der Waals surface area contributed by atoms with Crippen LogP contribution < -0.4 is 5.43 Å². The van der Waals surface area contributed by atoms with Gasteiger partial charge in [-0.15, -0.1) is 0 Å². The van der Waals surface area contributed by atoms with Crippen LogP contribution in [-0.4, -0.2) is 6.21 Å². The molecule has 0 atom stereocenters. The summed E-state index contributed by atoms with van der Waals surface area (Å²) in [6.07, 6.45) is 1.77. The van der Waals surface area contributed by atoms with Crippen molar-refractivity contribution in [2.24, 2.45) is 5.10 Å². The summed E-state index contributed by atoms with van der Waals surface area (Å²) in [4.78, 5) is 0. The third kappa shape index (κ3) is 3.33. The van der Waals surface area contributed by atoms with E-state index < -0.39 is 0 Å². The average molecular weight is 245 g/mol. The van der Waals surface area contributed by atoms with Gasteiger partial charge in [0.1, 0.15) is 0 Å². The first-order chi connectivity index (χ1) is 8.25. The topological polar surface area (TPSA) is 24.4 Å². The maximum atomic E-state index is 6.02. The van der Waals surface area contributed by atoms with E-state index in [9.17, 15) is 0 Å². The van der Waals surface area contributed by atoms with Gasteiger partial charge in [-0.2, -0.15) is 5.10 Å². The zero-order chi connectivity index (χ0) is 12.1. The molecule has 3 heteroatoms. The van der Waals surface area contributed by atoms with Gasteiger partial charge < -0.3 is 0 Å². The standard InChI is InChI=1S/C14H13ClN2/c1-11-7-8-13(9-14(11)15)17-16-10-12-5-3-2-4-6-12/h2-10,17H,1H3/b16-10+. The lowest BCUT2D eigenvalue weighted by Crippen LogP contribution is -1.90. The molecule has 1 N–H and O–H groups in total. The van der Waals surface area contributed by atoms with Crippen molar-refractivity contribution in [3.8, 4) is 0 Å². The van der Waals surface area contributed by atoms with Gasteiger partial charge >= 0.3 is 0 Å². The van der Waals surface area contributed by atoms with Crippen LogP contribution in [0.25, 0.3) is 0 Å². The van der Waals surface area contributed by atoms with E-state index in [-0.39, 0.29) is 0 Å². The average Bonchev–Trinajstić information content (AvgIpc) is 2.35. The van der Waals surface area contributed by atoms with Gasteiger partial charge in [-0.25, -0.2) is 0 Å². The van der Waals surface area contributed by atoms with Crippen molar-refractivity contribution in [3.05, 3.63) is 64.7 Å². The molecule has 86 valence electrons. The highest BCUT2D eigenvalue weighted by atomic mass is 35.5. The van der Waals surface area contributed by atoms with E-state index >= 15 is 0 Å². The molecule has 0 unspecified atom stereocenters. The van der Waals surface area contributed by atoms with Gasteiger partial charge in [0, 0.05) is 5.02 Å². The van der Waals surface area contributed by atoms with E-state index in [2.05, 4.69) is 10.5 Å². The third-order valence-corrected chi connectivity index (χ3v) is 2.79. The molecule has 0 aromatic heterocycles. The van der Waals surface area contributed by atoms with Crippen molar-refractivity contribution < 1.29 is 0 Å². The molecule has 2 nitrogen and oxygen atoms in total. The van der Waals surface area contributed by atoms with Crippen molar-refractivity contribution in [3.63, 3.8) is 0 Å². The predicted molar refractivity (Wildman–Crippen MR) is 73.8 cm³/mol. The molecule has 0 spiro atoms. The highest BCUT2D eigenvalue weighted by Crippen LogP contribution is 2.19. The van der Waals surface area contributed by atoms with Gasteiger partial charge in [-0.1, -0.05) is 48.0 Å². The fraction of sp³-hybridized carbons (Fsp3) is 0.0714. The van der Waals surface area contributed by atoms with Crippen molar-refractivity contribution in [2.75, 3.05) is 5.43 Å². The number of hydrogen-bond donors (Lipinski definition) is 1. The summed E-state index contributed by atoms with van der Waals surface area (Å²) < 4.78 is 0. The van der Waals surface area contributed by atoms with E-state index in [0.717, 1.165) is 21.8 Å². The molecule has 2 aromatic rings. The van der Waals surface area contributed by atoms with Crippen molar-refractivity contribution in [1.82, 2.24) is 0 Å². The zero-order valence-corrected chi connectivity index (χ0v) is 10.3. The van der Waals surface area contributed by atoms with Gasteiger partial charge in [0.15, 0.2) is 0 Å². The minimum Gasteiger partial charge on any atom is -0.278 e. The Balaban J connectivity index is 2.03. The van der Waals surface area contributed by atoms with E-state index in [1.807, 2.05) is 55.5 Å². The molecule has 0 saturated carbocycles. The van der Waals surface area contributed by atoms with Gasteiger partial charge in [0.25, 0.3) is 0 Å². The number of hydrazone groups is 1. The fourth-order valence-electron chi connectivity index (χ4n) is 1.38. The van der Waals surface area contributed by atoms with E-state index in [1.54, 1.807) is 6.21 Å². The highest BCUT2D eigenvalue weighted by molar-refractivity contribution is 6.31. The molecule has 0 amide bonds. The first-order valence-corrected chi connectivity index (χ1v) is 5.74. The van der Waals surface area contributed by atoms with Crippen LogP contribution in [0.4, 0.5) is 5.69 Å². The first-order valence-electron chi connectivity index (χ1n) is 5.36. The Labute approximate surface area is 106 Å². The van der Waals surface area contributed by atoms with Crippen LogP contribution in [0.15, 0.2) is 53.6 Å². The molecule has 0 saturated heterocycles. The zero-order valence-electron chi connectivity index (χ0n) is 9.52. The quantitative estimate of drug-likeness (QED) is 0.638. The number of anilines is 1. The van der Waals surface area contributed by atoms with Gasteiger partial charge in [-0.05, 0) is 30.2 Å². The number of halogens is 1. The summed E-state index contributed by atoms with van der Waals surface area (Å²) >= 11 is 6.02. The number of benzene rings is 2. The Morgan fingerprint density at radius 1 is 1.12 bits per heavy atom. The summed E-state index contributed by atoms with van der Waals surface area (Å²) in [6, 6.07) is 15.7. The Bertz CT molecular complexity index is 521. The normalized spacial score (nSPS) is 10.7. The van der Waals surface area contributed by atoms with E-state index in [4.69, 9.17) is 11.6 Å². The second-order valence-electron chi connectivity index (χ2n) is 3.74. The lowest BCUT2D eigenvalue weighted by Gasteiger charge is -2.02. The molecule has 0 aliphatic heterocycles. The lowest BCUT2D eigenvalue weighted by molar-refractivity contribution is 1.34. The van der Waals surface area contributed by atoms with Crippen LogP contribution in [-0.2, 0) is 0 Å². The summed E-state index contributed by atoms with van der Waals surface area (Å²) in [5.41, 5.74) is 5.94. The molecule has 0 bridgehead atoms. The Morgan fingerprint density at radius 3 is 2.59 bits per heavy atom. The van der Waals surface area contributed by atoms with Crippen molar-refractivity contribution >= 4 is 23.5 Å². The molecule has 2 rings (SSSR count). The summed E-state index contributed by atoms with van der Waals surface area (Å²) in [6.45, 7) is 1.97. The van der Waals surface area contributed by atoms with Gasteiger partial charge in [0.05, 0.1) is 11.9 Å². The summed E-state index contributed by atoms with van der Waals surface area (Å²) in [5, 5.41) is 4.89. The number of rotatable bonds is 3. The minimum atomic E-state index is 0.741. The van der Waals surface area contributed by atoms with E-state index in [1.165, 1.54) is 0 Å². The van der Waals surface area contributed by atoms with Crippen LogP contribution in [0, 0.1) is 6.92 Å². The van der Waals surface area contributed by atoms with Gasteiger partial charge in [0.2, 0.25) is 0 Å². The van der Waals surface area contributed by atoms with Crippen molar-refractivity contribution in [1.29, 1.82) is 0 Å². The fourth-order valence-corrected chi connectivity index (χ4v) is 1.56. The number of nitrogens with one attached hydrogen (secondary N) is 1. The van der Waals surface area contributed by atoms with Crippen LogP contribution in [0.2, 0.25) is 5.02 Å². The van der Waals surface area contributed by atoms with Crippen LogP contribution >= 0.6 is 11.6 Å². The Hall–Kier alpha value is -1.80. The number of aryl methyl sites for hydroxylation is 1. The maximum Gasteiger partial charge on any atom is 0.0576 e. The molecular weight excluding hydrogens is 232 g/mol. The molecule has 2 aromatic carbocycles. The third-order valence-electron chi connectivity index (χ3n) is 2.38. The molecule has 0 heterocycles. The van der Waals surface area contributed by atoms with E-state index in [0.29, 0.717) is 0 Å². The smallest absolute Gasteiger partial charge is 0.0576 e. The summed E-state index contributed by atoms with van der Waals surface area (Å²) in [5.74, 6) is 0. The largest absolute Gasteiger partial charge is 0.278 e. The molecule has 0 radical (unpaired) electrons. The lowest BCUT2D eigenvalue weighted by atomic mass is 10.2. The van der Waals surface area contributed by atoms with Crippen LogP contribution in [0.1, 0.15) is 11.1 Å². The first kappa shape index (κ1) is 11.7. The van der Waals surface area contributed by atoms with Crippen molar-refractivity contribution in [2.45, 2.75) is 6.92 Å². The van der Waals surface area contributed by atoms with Crippen LogP contribution in [0.3, 0.4) is 0 Å². The second-order valence-corrected chi connectivity index (χ2v) is 4.15. The monoisotopic (exact) mass is 244 g/mol. The summed E-state index contributed by atoms with van der Waals surface area (Å²) in [7, 11) is 0. The predicted octanol–water partition coefficient (Wildman–Crippen LogP) is 4.09. The maximum absolute atomic E-state index is 6.02. The minimum absolute atomic E-state index is 0.741. The SMILES string of the molecule is Cc1ccc(N/N=C/c2ccccc2)cc1Cl.